The van der Waals surface area contributed by atoms with Crippen LogP contribution in [0.15, 0.2) is 0 Å². The van der Waals surface area contributed by atoms with Crippen LogP contribution in [0.1, 0.15) is 13.3 Å². The quantitative estimate of drug-likeness (QED) is 0.662. The number of nitrogens with two attached hydrogens (primary N) is 1. The van der Waals surface area contributed by atoms with E-state index >= 15 is 0 Å². The van der Waals surface area contributed by atoms with Crippen LogP contribution in [-0.2, 0) is 4.43 Å². The molecule has 0 aromatic rings. The minimum atomic E-state index is -1.48. The average molecular weight is 188 g/mol. The van der Waals surface area contributed by atoms with Gasteiger partial charge in [-0.25, -0.2) is 0 Å². The third kappa shape index (κ3) is 2.07. The van der Waals surface area contributed by atoms with Crippen molar-refractivity contribution >= 4 is 8.48 Å². The van der Waals surface area contributed by atoms with Crippen LogP contribution in [0.2, 0.25) is 12.6 Å². The Bertz CT molecular complexity index is 145. The first kappa shape index (κ1) is 10.2. The van der Waals surface area contributed by atoms with Crippen molar-refractivity contribution in [1.82, 2.24) is 4.57 Å². The standard InChI is InChI=1S/C8H20N2OSi/c1-3-11-12(2)8-4-6-10(12)7-5-9/h3-9H2,1-2H3. The number of hydrogen-bond acceptors (Lipinski definition) is 3. The fraction of sp³-hybridized carbons (Fsp3) is 1.00. The van der Waals surface area contributed by atoms with E-state index in [2.05, 4.69) is 18.0 Å². The zero-order chi connectivity index (χ0) is 9.03. The lowest BCUT2D eigenvalue weighted by atomic mass is 10.5. The zero-order valence-electron chi connectivity index (χ0n) is 8.18. The van der Waals surface area contributed by atoms with Crippen LogP contribution >= 0.6 is 0 Å². The summed E-state index contributed by atoms with van der Waals surface area (Å²) in [6.45, 7) is 8.21. The first-order chi connectivity index (χ1) is 5.73. The van der Waals surface area contributed by atoms with E-state index < -0.39 is 8.48 Å². The predicted molar refractivity (Wildman–Crippen MR) is 53.3 cm³/mol. The molecule has 1 aliphatic rings. The van der Waals surface area contributed by atoms with Crippen LogP contribution in [0.25, 0.3) is 0 Å². The van der Waals surface area contributed by atoms with Gasteiger partial charge in [0.15, 0.2) is 0 Å². The second-order valence-electron chi connectivity index (χ2n) is 3.49. The van der Waals surface area contributed by atoms with Crippen molar-refractivity contribution < 1.29 is 4.43 Å². The molecule has 1 fully saturated rings. The lowest BCUT2D eigenvalue weighted by Gasteiger charge is -2.31. The third-order valence-electron chi connectivity index (χ3n) is 2.59. The van der Waals surface area contributed by atoms with Gasteiger partial charge in [0.25, 0.3) is 8.48 Å². The number of nitrogens with zero attached hydrogens (tertiary/aromatic N) is 1. The number of hydrogen-bond donors (Lipinski definition) is 1. The second kappa shape index (κ2) is 4.37. The second-order valence-corrected chi connectivity index (χ2v) is 7.26. The maximum Gasteiger partial charge on any atom is 0.268 e. The molecule has 0 amide bonds. The van der Waals surface area contributed by atoms with E-state index in [0.29, 0.717) is 0 Å². The van der Waals surface area contributed by atoms with Crippen molar-refractivity contribution in [2.75, 3.05) is 26.2 Å². The van der Waals surface area contributed by atoms with Gasteiger partial charge in [0.2, 0.25) is 0 Å². The molecule has 0 spiro atoms. The van der Waals surface area contributed by atoms with Crippen molar-refractivity contribution in [3.8, 4) is 0 Å². The van der Waals surface area contributed by atoms with Gasteiger partial charge in [0, 0.05) is 19.7 Å². The topological polar surface area (TPSA) is 38.5 Å². The maximum atomic E-state index is 5.86. The first-order valence-electron chi connectivity index (χ1n) is 4.82. The SMILES string of the molecule is CCO[Si]1(C)CCCN1CCN. The molecule has 1 heterocycles. The van der Waals surface area contributed by atoms with E-state index in [1.165, 1.54) is 19.0 Å². The lowest BCUT2D eigenvalue weighted by Crippen LogP contribution is -2.50. The molecule has 0 bridgehead atoms. The molecule has 0 radical (unpaired) electrons. The fourth-order valence-electron chi connectivity index (χ4n) is 1.97. The van der Waals surface area contributed by atoms with Crippen molar-refractivity contribution in [3.05, 3.63) is 0 Å². The summed E-state index contributed by atoms with van der Waals surface area (Å²) in [5, 5.41) is 0. The highest BCUT2D eigenvalue weighted by molar-refractivity contribution is 6.70. The van der Waals surface area contributed by atoms with Crippen LogP contribution in [-0.4, -0.2) is 39.3 Å². The van der Waals surface area contributed by atoms with Gasteiger partial charge >= 0.3 is 0 Å². The Balaban J connectivity index is 2.48. The molecule has 2 N–H and O–H groups in total. The Morgan fingerprint density at radius 1 is 1.58 bits per heavy atom. The Hall–Kier alpha value is 0.0969. The lowest BCUT2D eigenvalue weighted by molar-refractivity contribution is 0.272. The molecule has 4 heteroatoms. The van der Waals surface area contributed by atoms with Crippen LogP contribution in [0.3, 0.4) is 0 Å². The van der Waals surface area contributed by atoms with Gasteiger partial charge in [-0.15, -0.1) is 0 Å². The summed E-state index contributed by atoms with van der Waals surface area (Å²) in [4.78, 5) is 0. The van der Waals surface area contributed by atoms with Gasteiger partial charge in [-0.05, 0) is 32.5 Å². The summed E-state index contributed by atoms with van der Waals surface area (Å²) in [5.74, 6) is 0. The van der Waals surface area contributed by atoms with Crippen LogP contribution < -0.4 is 5.73 Å². The van der Waals surface area contributed by atoms with Crippen molar-refractivity contribution in [2.45, 2.75) is 25.9 Å². The Labute approximate surface area is 76.1 Å². The predicted octanol–water partition coefficient (Wildman–Crippen LogP) is 0.759. The highest BCUT2D eigenvalue weighted by Gasteiger charge is 2.40. The van der Waals surface area contributed by atoms with Gasteiger partial charge in [-0.2, -0.15) is 0 Å². The molecule has 1 saturated heterocycles. The van der Waals surface area contributed by atoms with Crippen LogP contribution in [0, 0.1) is 0 Å². The summed E-state index contributed by atoms with van der Waals surface area (Å²) in [6.07, 6.45) is 1.29. The molecule has 0 aromatic carbocycles. The Morgan fingerprint density at radius 2 is 2.33 bits per heavy atom. The third-order valence-corrected chi connectivity index (χ3v) is 6.57. The summed E-state index contributed by atoms with van der Waals surface area (Å²) in [7, 11) is -1.48. The minimum Gasteiger partial charge on any atom is -0.403 e. The molecular formula is C8H20N2OSi. The van der Waals surface area contributed by atoms with Gasteiger partial charge in [-0.3, -0.25) is 0 Å². The molecule has 1 rings (SSSR count). The van der Waals surface area contributed by atoms with E-state index in [1.54, 1.807) is 0 Å². The molecule has 1 atom stereocenters. The van der Waals surface area contributed by atoms with E-state index in [1.807, 2.05) is 0 Å². The minimum absolute atomic E-state index is 0.760. The molecule has 0 aromatic heterocycles. The largest absolute Gasteiger partial charge is 0.403 e. The van der Waals surface area contributed by atoms with Gasteiger partial charge in [-0.1, -0.05) is 0 Å². The molecule has 0 saturated carbocycles. The van der Waals surface area contributed by atoms with Gasteiger partial charge < -0.3 is 14.7 Å². The van der Waals surface area contributed by atoms with Crippen molar-refractivity contribution in [2.24, 2.45) is 5.73 Å². The van der Waals surface area contributed by atoms with Crippen LogP contribution in [0.5, 0.6) is 0 Å². The van der Waals surface area contributed by atoms with E-state index in [0.717, 1.165) is 19.7 Å². The molecule has 12 heavy (non-hydrogen) atoms. The fourth-order valence-corrected chi connectivity index (χ4v) is 5.28. The van der Waals surface area contributed by atoms with E-state index in [-0.39, 0.29) is 0 Å². The monoisotopic (exact) mass is 188 g/mol. The summed E-state index contributed by atoms with van der Waals surface area (Å²) < 4.78 is 8.35. The molecular weight excluding hydrogens is 168 g/mol. The van der Waals surface area contributed by atoms with E-state index in [4.69, 9.17) is 10.2 Å². The molecule has 3 nitrogen and oxygen atoms in total. The zero-order valence-corrected chi connectivity index (χ0v) is 9.18. The summed E-state index contributed by atoms with van der Waals surface area (Å²) >= 11 is 0. The highest BCUT2D eigenvalue weighted by Crippen LogP contribution is 2.26. The van der Waals surface area contributed by atoms with E-state index in [9.17, 15) is 0 Å². The molecule has 0 aliphatic carbocycles. The number of rotatable bonds is 4. The Morgan fingerprint density at radius 3 is 2.92 bits per heavy atom. The average Bonchev–Trinajstić information content (AvgIpc) is 2.35. The van der Waals surface area contributed by atoms with Crippen LogP contribution in [0.4, 0.5) is 0 Å². The smallest absolute Gasteiger partial charge is 0.268 e. The Kier molecular flexibility index (Phi) is 3.70. The highest BCUT2D eigenvalue weighted by atomic mass is 28.4. The van der Waals surface area contributed by atoms with Crippen molar-refractivity contribution in [1.29, 1.82) is 0 Å². The van der Waals surface area contributed by atoms with Gasteiger partial charge in [0.1, 0.15) is 0 Å². The molecule has 1 unspecified atom stereocenters. The summed E-state index contributed by atoms with van der Waals surface area (Å²) in [5.41, 5.74) is 5.55. The molecule has 72 valence electrons. The maximum absolute atomic E-state index is 5.86. The van der Waals surface area contributed by atoms with Crippen molar-refractivity contribution in [3.63, 3.8) is 0 Å². The molecule has 1 aliphatic heterocycles. The normalized spacial score (nSPS) is 31.2. The summed E-state index contributed by atoms with van der Waals surface area (Å²) in [6, 6.07) is 1.28. The van der Waals surface area contributed by atoms with Gasteiger partial charge in [0.05, 0.1) is 0 Å². The first-order valence-corrected chi connectivity index (χ1v) is 7.38.